The number of imidazole rings is 1. The van der Waals surface area contributed by atoms with E-state index in [4.69, 9.17) is 0 Å². The summed E-state index contributed by atoms with van der Waals surface area (Å²) in [5.74, 6) is 0.0167. The van der Waals surface area contributed by atoms with E-state index in [-0.39, 0.29) is 17.0 Å². The molecule has 0 spiro atoms. The minimum atomic E-state index is -0.147. The van der Waals surface area contributed by atoms with E-state index >= 15 is 0 Å². The van der Waals surface area contributed by atoms with E-state index in [0.29, 0.717) is 19.5 Å². The van der Waals surface area contributed by atoms with Crippen molar-refractivity contribution in [3.05, 3.63) is 70.1 Å². The quantitative estimate of drug-likeness (QED) is 0.673. The monoisotopic (exact) mass is 365 g/mol. The number of carbonyl (C=O) groups is 1. The highest BCUT2D eigenvalue weighted by Crippen LogP contribution is 2.28. The fraction of sp³-hybridized carbons (Fsp3) is 0.364. The van der Waals surface area contributed by atoms with Crippen LogP contribution in [0.2, 0.25) is 0 Å². The Morgan fingerprint density at radius 3 is 2.56 bits per heavy atom. The Balaban J connectivity index is 1.51. The van der Waals surface area contributed by atoms with Gasteiger partial charge in [0.15, 0.2) is 0 Å². The molecule has 1 heterocycles. The standard InChI is InChI=1S/C22H27N3O2/c1-16-8-10-17(11-9-16)22(2,3)13-12-20(26)23-14-15-25-19-7-5-4-6-18(19)24-21(25)27/h4-11H,12-15H2,1-3H3,(H,23,26)(H,24,27). The number of aryl methyl sites for hydroxylation is 1. The molecular weight excluding hydrogens is 338 g/mol. The molecule has 142 valence electrons. The molecule has 27 heavy (non-hydrogen) atoms. The van der Waals surface area contributed by atoms with Gasteiger partial charge in [-0.3, -0.25) is 9.36 Å². The number of rotatable bonds is 7. The summed E-state index contributed by atoms with van der Waals surface area (Å²) in [6.45, 7) is 7.29. The molecule has 5 heteroatoms. The molecule has 0 fully saturated rings. The molecule has 0 saturated carbocycles. The highest BCUT2D eigenvalue weighted by Gasteiger charge is 2.21. The molecule has 0 aliphatic heterocycles. The van der Waals surface area contributed by atoms with Crippen molar-refractivity contribution in [1.29, 1.82) is 0 Å². The number of carbonyl (C=O) groups excluding carboxylic acids is 1. The summed E-state index contributed by atoms with van der Waals surface area (Å²) in [6, 6.07) is 16.1. The molecule has 0 radical (unpaired) electrons. The van der Waals surface area contributed by atoms with E-state index in [9.17, 15) is 9.59 Å². The third kappa shape index (κ3) is 4.48. The number of aromatic amines is 1. The van der Waals surface area contributed by atoms with E-state index in [1.807, 2.05) is 24.3 Å². The molecule has 0 atom stereocenters. The lowest BCUT2D eigenvalue weighted by molar-refractivity contribution is -0.121. The zero-order valence-electron chi connectivity index (χ0n) is 16.2. The zero-order chi connectivity index (χ0) is 19.4. The summed E-state index contributed by atoms with van der Waals surface area (Å²) in [5.41, 5.74) is 3.95. The number of nitrogens with zero attached hydrogens (tertiary/aromatic N) is 1. The van der Waals surface area contributed by atoms with Crippen molar-refractivity contribution in [2.45, 2.75) is 45.6 Å². The van der Waals surface area contributed by atoms with Crippen LogP contribution >= 0.6 is 0 Å². The highest BCUT2D eigenvalue weighted by molar-refractivity contribution is 5.76. The van der Waals surface area contributed by atoms with Crippen LogP contribution in [0.5, 0.6) is 0 Å². The van der Waals surface area contributed by atoms with Crippen LogP contribution < -0.4 is 11.0 Å². The maximum atomic E-state index is 12.2. The van der Waals surface area contributed by atoms with E-state index in [1.165, 1.54) is 11.1 Å². The summed E-state index contributed by atoms with van der Waals surface area (Å²) in [6.07, 6.45) is 1.23. The van der Waals surface area contributed by atoms with Gasteiger partial charge in [0, 0.05) is 19.5 Å². The molecule has 5 nitrogen and oxygen atoms in total. The molecule has 3 aromatic rings. The van der Waals surface area contributed by atoms with Gasteiger partial charge in [0.2, 0.25) is 5.91 Å². The Morgan fingerprint density at radius 1 is 1.11 bits per heavy atom. The van der Waals surface area contributed by atoms with Crippen LogP contribution in [0.1, 0.15) is 37.8 Å². The SMILES string of the molecule is Cc1ccc(C(C)(C)CCC(=O)NCCn2c(=O)[nH]c3ccccc32)cc1. The van der Waals surface area contributed by atoms with Crippen molar-refractivity contribution in [1.82, 2.24) is 14.9 Å². The number of nitrogens with one attached hydrogen (secondary N) is 2. The second kappa shape index (κ2) is 7.82. The molecule has 1 aromatic heterocycles. The number of aromatic nitrogens is 2. The number of fused-ring (bicyclic) bond motifs is 1. The van der Waals surface area contributed by atoms with Gasteiger partial charge in [-0.25, -0.2) is 4.79 Å². The molecule has 2 aromatic carbocycles. The first-order valence-corrected chi connectivity index (χ1v) is 9.38. The van der Waals surface area contributed by atoms with Gasteiger partial charge in [0.05, 0.1) is 11.0 Å². The Kier molecular flexibility index (Phi) is 5.49. The summed E-state index contributed by atoms with van der Waals surface area (Å²) in [5, 5.41) is 2.93. The average Bonchev–Trinajstić information content (AvgIpc) is 2.96. The topological polar surface area (TPSA) is 66.9 Å². The lowest BCUT2D eigenvalue weighted by atomic mass is 9.80. The minimum Gasteiger partial charge on any atom is -0.354 e. The van der Waals surface area contributed by atoms with Gasteiger partial charge < -0.3 is 10.3 Å². The normalized spacial score (nSPS) is 11.7. The van der Waals surface area contributed by atoms with Gasteiger partial charge in [-0.15, -0.1) is 0 Å². The Bertz CT molecular complexity index is 981. The minimum absolute atomic E-state index is 0.0167. The largest absolute Gasteiger partial charge is 0.354 e. The second-order valence-electron chi connectivity index (χ2n) is 7.70. The van der Waals surface area contributed by atoms with Gasteiger partial charge in [-0.2, -0.15) is 0 Å². The zero-order valence-corrected chi connectivity index (χ0v) is 16.2. The molecule has 0 saturated heterocycles. The summed E-state index contributed by atoms with van der Waals surface area (Å²) in [4.78, 5) is 27.1. The number of benzene rings is 2. The van der Waals surface area contributed by atoms with Gasteiger partial charge in [-0.1, -0.05) is 55.8 Å². The molecule has 3 rings (SSSR count). The first-order valence-electron chi connectivity index (χ1n) is 9.38. The average molecular weight is 365 g/mol. The first-order chi connectivity index (χ1) is 12.9. The van der Waals surface area contributed by atoms with Gasteiger partial charge >= 0.3 is 5.69 Å². The van der Waals surface area contributed by atoms with Gasteiger partial charge in [0.1, 0.15) is 0 Å². The molecule has 0 aliphatic carbocycles. The fourth-order valence-electron chi connectivity index (χ4n) is 3.30. The van der Waals surface area contributed by atoms with Crippen LogP contribution in [-0.2, 0) is 16.8 Å². The van der Waals surface area contributed by atoms with Crippen molar-refractivity contribution in [2.75, 3.05) is 6.54 Å². The predicted molar refractivity (Wildman–Crippen MR) is 109 cm³/mol. The van der Waals surface area contributed by atoms with Gasteiger partial charge in [0.25, 0.3) is 0 Å². The van der Waals surface area contributed by atoms with E-state index in [1.54, 1.807) is 4.57 Å². The Morgan fingerprint density at radius 2 is 1.81 bits per heavy atom. The molecule has 0 aliphatic rings. The van der Waals surface area contributed by atoms with Crippen LogP contribution in [-0.4, -0.2) is 22.0 Å². The third-order valence-electron chi connectivity index (χ3n) is 5.15. The Labute approximate surface area is 159 Å². The lowest BCUT2D eigenvalue weighted by Gasteiger charge is -2.25. The number of hydrogen-bond donors (Lipinski definition) is 2. The van der Waals surface area contributed by atoms with Crippen LogP contribution in [0, 0.1) is 6.92 Å². The number of hydrogen-bond acceptors (Lipinski definition) is 2. The van der Waals surface area contributed by atoms with Crippen molar-refractivity contribution < 1.29 is 4.79 Å². The Hall–Kier alpha value is -2.82. The van der Waals surface area contributed by atoms with Crippen LogP contribution in [0.15, 0.2) is 53.3 Å². The van der Waals surface area contributed by atoms with E-state index in [2.05, 4.69) is 55.3 Å². The maximum Gasteiger partial charge on any atom is 0.326 e. The van der Waals surface area contributed by atoms with Crippen LogP contribution in [0.4, 0.5) is 0 Å². The van der Waals surface area contributed by atoms with E-state index in [0.717, 1.165) is 17.5 Å². The fourth-order valence-corrected chi connectivity index (χ4v) is 3.30. The number of amides is 1. The van der Waals surface area contributed by atoms with E-state index < -0.39 is 0 Å². The van der Waals surface area contributed by atoms with Crippen LogP contribution in [0.3, 0.4) is 0 Å². The smallest absolute Gasteiger partial charge is 0.326 e. The highest BCUT2D eigenvalue weighted by atomic mass is 16.2. The number of H-pyrrole nitrogens is 1. The van der Waals surface area contributed by atoms with Crippen LogP contribution in [0.25, 0.3) is 11.0 Å². The molecule has 0 unspecified atom stereocenters. The van der Waals surface area contributed by atoms with Crippen molar-refractivity contribution in [2.24, 2.45) is 0 Å². The predicted octanol–water partition coefficient (Wildman–Crippen LogP) is 3.51. The lowest BCUT2D eigenvalue weighted by Crippen LogP contribution is -2.31. The molecule has 1 amide bonds. The first kappa shape index (κ1) is 19.0. The summed E-state index contributed by atoms with van der Waals surface area (Å²) in [7, 11) is 0. The third-order valence-corrected chi connectivity index (χ3v) is 5.15. The second-order valence-corrected chi connectivity index (χ2v) is 7.70. The van der Waals surface area contributed by atoms with Crippen molar-refractivity contribution >= 4 is 16.9 Å². The molecule has 0 bridgehead atoms. The molecule has 2 N–H and O–H groups in total. The summed E-state index contributed by atoms with van der Waals surface area (Å²) >= 11 is 0. The van der Waals surface area contributed by atoms with Crippen molar-refractivity contribution in [3.8, 4) is 0 Å². The van der Waals surface area contributed by atoms with Crippen molar-refractivity contribution in [3.63, 3.8) is 0 Å². The molecular formula is C22H27N3O2. The number of para-hydroxylation sites is 2. The maximum absolute atomic E-state index is 12.2. The van der Waals surface area contributed by atoms with Gasteiger partial charge in [-0.05, 0) is 36.5 Å². The summed E-state index contributed by atoms with van der Waals surface area (Å²) < 4.78 is 1.66.